The molecule has 12 atom stereocenters. The minimum atomic E-state index is -4.58. The molecule has 0 saturated carbocycles. The number of benzene rings is 1. The van der Waals surface area contributed by atoms with Gasteiger partial charge in [0.25, 0.3) is 11.1 Å². The van der Waals surface area contributed by atoms with E-state index in [1.807, 2.05) is 15.1 Å². The molecule has 3 aromatic rings. The average Bonchev–Trinajstić information content (AvgIpc) is 3.64. The molecule has 8 N–H and O–H groups in total. The summed E-state index contributed by atoms with van der Waals surface area (Å²) in [6.07, 6.45) is -11.9. The van der Waals surface area contributed by atoms with Crippen molar-refractivity contribution in [1.82, 2.24) is 29.3 Å². The van der Waals surface area contributed by atoms with Crippen LogP contribution in [0, 0.1) is 13.8 Å². The van der Waals surface area contributed by atoms with Crippen LogP contribution in [0.2, 0.25) is 0 Å². The van der Waals surface area contributed by atoms with E-state index in [1.165, 1.54) is 32.9 Å². The highest BCUT2D eigenvalue weighted by molar-refractivity contribution is 7.52. The molecule has 24 nitrogen and oxygen atoms in total. The summed E-state index contributed by atoms with van der Waals surface area (Å²) < 4.78 is 87.5. The molecule has 0 radical (unpaired) electrons. The van der Waals surface area contributed by atoms with Gasteiger partial charge in [0.15, 0.2) is 24.8 Å². The third-order valence-electron chi connectivity index (χ3n) is 9.00. The van der Waals surface area contributed by atoms with E-state index in [4.69, 9.17) is 28.4 Å². The van der Waals surface area contributed by atoms with Crippen molar-refractivity contribution < 1.29 is 75.5 Å². The topological polar surface area (TPSA) is 338 Å². The van der Waals surface area contributed by atoms with E-state index in [2.05, 4.69) is 9.61 Å². The summed E-state index contributed by atoms with van der Waals surface area (Å²) in [5, 5.41) is 33.3. The number of alkyl halides is 2. The van der Waals surface area contributed by atoms with E-state index in [9.17, 15) is 61.8 Å². The van der Waals surface area contributed by atoms with Crippen LogP contribution >= 0.6 is 15.5 Å². The van der Waals surface area contributed by atoms with E-state index in [1.54, 1.807) is 32.0 Å². The van der Waals surface area contributed by atoms with Gasteiger partial charge in [-0.05, 0) is 53.7 Å². The van der Waals surface area contributed by atoms with Crippen molar-refractivity contribution in [3.8, 4) is 5.75 Å². The van der Waals surface area contributed by atoms with Gasteiger partial charge in [-0.15, -0.1) is 0 Å². The van der Waals surface area contributed by atoms with Crippen molar-refractivity contribution in [2.45, 2.75) is 109 Å². The highest BCUT2D eigenvalue weighted by atomic mass is 31.2. The van der Waals surface area contributed by atoms with Gasteiger partial charge in [0.05, 0.1) is 19.3 Å². The zero-order valence-corrected chi connectivity index (χ0v) is 36.1. The van der Waals surface area contributed by atoms with Crippen LogP contribution in [0.15, 0.2) is 61.9 Å². The lowest BCUT2D eigenvalue weighted by molar-refractivity contribution is -0.149. The number of ether oxygens (including phenoxy) is 3. The van der Waals surface area contributed by atoms with Crippen LogP contribution in [0.1, 0.15) is 51.3 Å². The molecule has 2 fully saturated rings. The highest BCUT2D eigenvalue weighted by Crippen LogP contribution is 2.46. The number of carbonyl (C=O) groups is 2. The van der Waals surface area contributed by atoms with Gasteiger partial charge in [0, 0.05) is 23.5 Å². The third kappa shape index (κ3) is 13.4. The largest absolute Gasteiger partial charge is 0.480 e. The number of aliphatic carboxylic acids is 1. The van der Waals surface area contributed by atoms with E-state index in [0.29, 0.717) is 0 Å². The Morgan fingerprint density at radius 2 is 1.25 bits per heavy atom. The number of aliphatic hydroxyl groups is 2. The first-order valence-corrected chi connectivity index (χ1v) is 22.0. The molecule has 2 aromatic heterocycles. The molecule has 0 aliphatic carbocycles. The molecule has 2 aliphatic heterocycles. The van der Waals surface area contributed by atoms with Crippen molar-refractivity contribution in [2.75, 3.05) is 13.2 Å². The fourth-order valence-corrected chi connectivity index (χ4v) is 8.22. The second kappa shape index (κ2) is 21.3. The number of nitrogens with zero attached hydrogens (tertiary/aromatic N) is 2. The van der Waals surface area contributed by atoms with Gasteiger partial charge in [-0.1, -0.05) is 18.2 Å². The first-order chi connectivity index (χ1) is 29.3. The molecule has 2 saturated heterocycles. The highest BCUT2D eigenvalue weighted by Gasteiger charge is 2.48. The lowest BCUT2D eigenvalue weighted by Gasteiger charge is -2.25. The number of aryl methyl sites for hydroxylation is 2. The molecular weight excluding hydrogens is 892 g/mol. The molecule has 28 heteroatoms. The minimum absolute atomic E-state index is 0.103. The normalized spacial score (nSPS) is 26.2. The second-order valence-electron chi connectivity index (χ2n) is 14.5. The maximum atomic E-state index is 14.9. The molecule has 350 valence electrons. The number of carbonyl (C=O) groups excluding carboxylic acids is 1. The first-order valence-electron chi connectivity index (χ1n) is 18.9. The third-order valence-corrected chi connectivity index (χ3v) is 11.9. The number of carboxylic acids is 1. The smallest absolute Gasteiger partial charge is 0.459 e. The standard InChI is InChI=1S/C22H29FN3O9P.C13H19FN3O9P/c1-12(2)33-21(29)14(4)25-36(31,35-15-8-6-5-7-9-15)32-11-16-18(27)17(23)20(34-16)26-10-13(3)19(28)24-22(26)30;1-5-3-17(13(22)15-10(5)19)11-8(14)9(18)7(26-11)4-25-27(23,24)16-6(2)12(20)21/h5-10,12,14,16-18,20,27H,11H2,1-4H3,(H,25,31)(H,24,28,30);3,6-9,11,18H,4H2,1-2H3,(H,20,21)(H,15,19,22)(H2,16,23,24)/t14-,16-,17+,18?,20-,36?;6-,7-,8+,9?,11-/m00/s1. The lowest BCUT2D eigenvalue weighted by Crippen LogP contribution is -2.37. The van der Waals surface area contributed by atoms with Gasteiger partial charge in [-0.3, -0.25) is 47.3 Å². The summed E-state index contributed by atoms with van der Waals surface area (Å²) in [5.74, 6) is -1.96. The van der Waals surface area contributed by atoms with Gasteiger partial charge in [0.2, 0.25) is 0 Å². The zero-order valence-electron chi connectivity index (χ0n) is 34.4. The van der Waals surface area contributed by atoms with Gasteiger partial charge < -0.3 is 38.9 Å². The number of nitrogens with one attached hydrogen (secondary N) is 4. The summed E-state index contributed by atoms with van der Waals surface area (Å²) in [4.78, 5) is 83.5. The summed E-state index contributed by atoms with van der Waals surface area (Å²) in [6, 6.07) is 5.46. The summed E-state index contributed by atoms with van der Waals surface area (Å²) in [6.45, 7) is 7.22. The quantitative estimate of drug-likeness (QED) is 0.0662. The molecule has 63 heavy (non-hydrogen) atoms. The fourth-order valence-electron chi connectivity index (χ4n) is 5.70. The predicted molar refractivity (Wildman–Crippen MR) is 212 cm³/mol. The number of hydrogen-bond donors (Lipinski definition) is 8. The van der Waals surface area contributed by atoms with Gasteiger partial charge in [-0.2, -0.15) is 5.09 Å². The Hall–Kier alpha value is -4.72. The molecule has 0 amide bonds. The number of para-hydroxylation sites is 1. The predicted octanol–water partition coefficient (Wildman–Crippen LogP) is 0.196. The molecular formula is C35H48F2N6O18P2. The van der Waals surface area contributed by atoms with Crippen molar-refractivity contribution in [3.05, 3.63) is 95.5 Å². The number of H-pyrrole nitrogens is 2. The SMILES string of the molecule is Cc1cn([C@H]2O[C@@H](COP(=O)(N[C@@H](C)C(=O)OC(C)C)Oc3ccccc3)C(O)[C@H]2F)c(=O)[nH]c1=O.Cc1cn([C@H]2O[C@@H](COP(=O)(O)N[C@@H](C)C(=O)O)C(O)[C@H]2F)c(=O)[nH]c1=O. The molecule has 0 bridgehead atoms. The molecule has 4 heterocycles. The van der Waals surface area contributed by atoms with Gasteiger partial charge in [0.1, 0.15) is 42.2 Å². The maximum absolute atomic E-state index is 14.9. The van der Waals surface area contributed by atoms with Gasteiger partial charge in [-0.25, -0.2) is 32.6 Å². The Balaban J connectivity index is 0.000000288. The van der Waals surface area contributed by atoms with Crippen LogP contribution in [0.25, 0.3) is 0 Å². The molecule has 2 aliphatic rings. The number of aromatic nitrogens is 4. The summed E-state index contributed by atoms with van der Waals surface area (Å²) in [7, 11) is -8.87. The molecule has 4 unspecified atom stereocenters. The monoisotopic (exact) mass is 940 g/mol. The van der Waals surface area contributed by atoms with Crippen LogP contribution in [-0.4, -0.2) is 119 Å². The van der Waals surface area contributed by atoms with Crippen molar-refractivity contribution in [2.24, 2.45) is 0 Å². The number of esters is 1. The van der Waals surface area contributed by atoms with E-state index < -0.39 is 131 Å². The number of aromatic amines is 2. The van der Waals surface area contributed by atoms with Crippen molar-refractivity contribution >= 4 is 27.4 Å². The Bertz CT molecular complexity index is 2420. The Morgan fingerprint density at radius 3 is 1.70 bits per heavy atom. The van der Waals surface area contributed by atoms with Gasteiger partial charge >= 0.3 is 38.8 Å². The lowest BCUT2D eigenvalue weighted by atomic mass is 10.1. The summed E-state index contributed by atoms with van der Waals surface area (Å²) >= 11 is 0. The Morgan fingerprint density at radius 1 is 0.794 bits per heavy atom. The summed E-state index contributed by atoms with van der Waals surface area (Å²) in [5.41, 5.74) is -2.95. The second-order valence-corrected chi connectivity index (χ2v) is 17.7. The Kier molecular flexibility index (Phi) is 17.2. The number of aliphatic hydroxyl groups excluding tert-OH is 2. The molecule has 5 rings (SSSR count). The fraction of sp³-hybridized carbons (Fsp3) is 0.543. The van der Waals surface area contributed by atoms with E-state index >= 15 is 0 Å². The molecule has 0 spiro atoms. The number of rotatable bonds is 17. The Labute approximate surface area is 355 Å². The minimum Gasteiger partial charge on any atom is -0.480 e. The van der Waals surface area contributed by atoms with Crippen molar-refractivity contribution in [1.29, 1.82) is 0 Å². The van der Waals surface area contributed by atoms with Crippen LogP contribution in [0.4, 0.5) is 8.78 Å². The average molecular weight is 941 g/mol. The zero-order chi connectivity index (χ0) is 47.1. The maximum Gasteiger partial charge on any atom is 0.459 e. The molecule has 1 aromatic carbocycles. The number of halogens is 2. The first kappa shape index (κ1) is 50.9. The van der Waals surface area contributed by atoms with Crippen LogP contribution in [-0.2, 0) is 42.0 Å². The van der Waals surface area contributed by atoms with Crippen LogP contribution < -0.4 is 37.2 Å². The number of carboxylic acid groups (broad SMARTS) is 1. The van der Waals surface area contributed by atoms with E-state index in [-0.39, 0.29) is 16.9 Å². The van der Waals surface area contributed by atoms with Crippen LogP contribution in [0.3, 0.4) is 0 Å². The van der Waals surface area contributed by atoms with Crippen LogP contribution in [0.5, 0.6) is 5.75 Å². The van der Waals surface area contributed by atoms with E-state index in [0.717, 1.165) is 28.5 Å². The number of hydrogen-bond acceptors (Lipinski definition) is 16. The van der Waals surface area contributed by atoms with Crippen molar-refractivity contribution in [3.63, 3.8) is 0 Å².